The molecule has 0 amide bonds. The van der Waals surface area contributed by atoms with E-state index in [2.05, 4.69) is 28.8 Å². The summed E-state index contributed by atoms with van der Waals surface area (Å²) >= 11 is 6.02. The number of H-pyrrole nitrogens is 1. The predicted molar refractivity (Wildman–Crippen MR) is 126 cm³/mol. The fourth-order valence-corrected chi connectivity index (χ4v) is 3.99. The molecule has 0 saturated heterocycles. The lowest BCUT2D eigenvalue weighted by molar-refractivity contribution is 0.0517. The molecule has 4 rings (SSSR count). The Balaban J connectivity index is 1.86. The smallest absolute Gasteiger partial charge is 0.349 e. The minimum absolute atomic E-state index is 0.139. The van der Waals surface area contributed by atoms with Crippen molar-refractivity contribution in [2.24, 2.45) is 0 Å². The summed E-state index contributed by atoms with van der Waals surface area (Å²) in [6.45, 7) is 7.08. The van der Waals surface area contributed by atoms with Gasteiger partial charge in [-0.3, -0.25) is 9.78 Å². The molecule has 0 spiro atoms. The monoisotopic (exact) mass is 452 g/mol. The lowest BCUT2D eigenvalue weighted by Crippen LogP contribution is -2.31. The van der Waals surface area contributed by atoms with Crippen molar-refractivity contribution in [3.63, 3.8) is 0 Å². The van der Waals surface area contributed by atoms with E-state index >= 15 is 0 Å². The molecule has 0 saturated carbocycles. The summed E-state index contributed by atoms with van der Waals surface area (Å²) in [5, 5.41) is 0.676. The molecule has 32 heavy (non-hydrogen) atoms. The van der Waals surface area contributed by atoms with Gasteiger partial charge in [0.05, 0.1) is 23.7 Å². The van der Waals surface area contributed by atoms with Crippen LogP contribution in [0, 0.1) is 0 Å². The van der Waals surface area contributed by atoms with Gasteiger partial charge < -0.3 is 9.30 Å². The fraction of sp³-hybridized carbons (Fsp3) is 0.333. The van der Waals surface area contributed by atoms with Gasteiger partial charge in [-0.1, -0.05) is 43.6 Å². The van der Waals surface area contributed by atoms with E-state index in [0.29, 0.717) is 36.0 Å². The van der Waals surface area contributed by atoms with Crippen LogP contribution in [-0.2, 0) is 17.7 Å². The minimum atomic E-state index is -0.693. The van der Waals surface area contributed by atoms with Gasteiger partial charge in [0.25, 0.3) is 5.56 Å². The lowest BCUT2D eigenvalue weighted by Gasteiger charge is -2.23. The highest BCUT2D eigenvalue weighted by Crippen LogP contribution is 2.25. The highest BCUT2D eigenvalue weighted by atomic mass is 35.5. The molecule has 1 atom stereocenters. The predicted octanol–water partition coefficient (Wildman–Crippen LogP) is 4.01. The van der Waals surface area contributed by atoms with Gasteiger partial charge in [0.2, 0.25) is 0 Å². The first-order chi connectivity index (χ1) is 15.4. The molecule has 2 aromatic carbocycles. The van der Waals surface area contributed by atoms with E-state index in [1.807, 2.05) is 54.0 Å². The molecule has 0 aromatic heterocycles. The van der Waals surface area contributed by atoms with Gasteiger partial charge >= 0.3 is 5.69 Å². The molecule has 1 N–H and O–H groups in total. The number of hydrogen-bond acceptors (Lipinski definition) is 5. The first kappa shape index (κ1) is 22.2. The minimum Gasteiger partial charge on any atom is -0.376 e. The Bertz CT molecular complexity index is 1330. The maximum absolute atomic E-state index is 12.5. The van der Waals surface area contributed by atoms with E-state index < -0.39 is 11.2 Å². The Morgan fingerprint density at radius 1 is 1.09 bits per heavy atom. The topological polar surface area (TPSA) is 89.9 Å². The molecule has 0 bridgehead atoms. The maximum atomic E-state index is 12.5. The first-order valence-electron chi connectivity index (χ1n) is 10.7. The fourth-order valence-electron chi connectivity index (χ4n) is 3.86. The van der Waals surface area contributed by atoms with Gasteiger partial charge in [0.15, 0.2) is 11.5 Å². The molecular weight excluding hydrogens is 428 g/mol. The summed E-state index contributed by atoms with van der Waals surface area (Å²) in [5.41, 5.74) is 2.56. The van der Waals surface area contributed by atoms with Crippen LogP contribution in [0.2, 0.25) is 5.02 Å². The highest BCUT2D eigenvalue weighted by molar-refractivity contribution is 6.30. The van der Waals surface area contributed by atoms with Gasteiger partial charge in [0, 0.05) is 18.1 Å². The lowest BCUT2D eigenvalue weighted by atomic mass is 10.0. The van der Waals surface area contributed by atoms with E-state index in [0.717, 1.165) is 16.6 Å². The Morgan fingerprint density at radius 3 is 2.53 bits per heavy atom. The van der Waals surface area contributed by atoms with E-state index in [-0.39, 0.29) is 17.6 Å². The van der Waals surface area contributed by atoms with Gasteiger partial charge in [-0.15, -0.1) is 0 Å². The van der Waals surface area contributed by atoms with Crippen LogP contribution in [0.15, 0.2) is 52.1 Å². The molecule has 0 aliphatic carbocycles. The average Bonchev–Trinajstić information content (AvgIpc) is 2.75. The zero-order valence-corrected chi connectivity index (χ0v) is 19.0. The van der Waals surface area contributed by atoms with Crippen LogP contribution >= 0.6 is 11.6 Å². The number of ether oxygens (including phenoxy) is 1. The molecule has 0 fully saturated rings. The zero-order chi connectivity index (χ0) is 22.8. The van der Waals surface area contributed by atoms with Gasteiger partial charge in [0.1, 0.15) is 0 Å². The third-order valence-corrected chi connectivity index (χ3v) is 5.72. The van der Waals surface area contributed by atoms with Gasteiger partial charge in [-0.25, -0.2) is 9.78 Å². The summed E-state index contributed by atoms with van der Waals surface area (Å²) in [5.74, 6) is 0.566. The molecule has 1 unspecified atom stereocenters. The Morgan fingerprint density at radius 2 is 1.84 bits per heavy atom. The van der Waals surface area contributed by atoms with Crippen molar-refractivity contribution in [1.29, 1.82) is 0 Å². The highest BCUT2D eigenvalue weighted by Gasteiger charge is 2.22. The molecule has 7 nitrogen and oxygen atoms in total. The van der Waals surface area contributed by atoms with Crippen LogP contribution in [0.5, 0.6) is 0 Å². The van der Waals surface area contributed by atoms with Crippen molar-refractivity contribution in [2.45, 2.75) is 45.8 Å². The summed E-state index contributed by atoms with van der Waals surface area (Å²) in [6, 6.07) is 13.6. The molecular formula is C24H25ClN4O3. The number of nitrogens with zero attached hydrogens (tertiary/aromatic N) is 3. The number of nitrogens with one attached hydrogen (secondary N) is 1. The summed E-state index contributed by atoms with van der Waals surface area (Å²) in [7, 11) is 0. The largest absolute Gasteiger partial charge is 0.376 e. The number of halogens is 1. The number of aromatic amines is 1. The van der Waals surface area contributed by atoms with Crippen molar-refractivity contribution in [3.8, 4) is 11.5 Å². The van der Waals surface area contributed by atoms with E-state index in [4.69, 9.17) is 16.3 Å². The number of benzene rings is 2. The van der Waals surface area contributed by atoms with Crippen LogP contribution in [0.4, 0.5) is 0 Å². The van der Waals surface area contributed by atoms with Crippen molar-refractivity contribution >= 4 is 22.6 Å². The van der Waals surface area contributed by atoms with Gasteiger partial charge in [-0.05, 0) is 48.2 Å². The second-order valence-corrected chi connectivity index (χ2v) is 8.51. The Labute approximate surface area is 190 Å². The molecule has 2 aliphatic heterocycles. The summed E-state index contributed by atoms with van der Waals surface area (Å²) in [4.78, 5) is 35.4. The third-order valence-electron chi connectivity index (χ3n) is 5.46. The third kappa shape index (κ3) is 4.59. The normalized spacial score (nSPS) is 12.7. The second-order valence-electron chi connectivity index (χ2n) is 8.08. The van der Waals surface area contributed by atoms with Crippen molar-refractivity contribution in [2.75, 3.05) is 6.61 Å². The van der Waals surface area contributed by atoms with E-state index in [1.165, 1.54) is 0 Å². The molecule has 8 heteroatoms. The summed E-state index contributed by atoms with van der Waals surface area (Å²) in [6.07, 6.45) is 0.432. The average molecular weight is 453 g/mol. The molecule has 2 aliphatic rings. The van der Waals surface area contributed by atoms with Crippen molar-refractivity contribution in [1.82, 2.24) is 19.5 Å². The zero-order valence-electron chi connectivity index (χ0n) is 18.3. The Kier molecular flexibility index (Phi) is 6.39. The molecule has 2 heterocycles. The van der Waals surface area contributed by atoms with Crippen LogP contribution in [0.1, 0.15) is 37.8 Å². The number of rotatable bonds is 7. The van der Waals surface area contributed by atoms with Crippen molar-refractivity contribution in [3.05, 3.63) is 79.5 Å². The molecule has 166 valence electrons. The van der Waals surface area contributed by atoms with Crippen LogP contribution in [0.25, 0.3) is 22.6 Å². The second kappa shape index (κ2) is 9.22. The number of aromatic nitrogens is 4. The summed E-state index contributed by atoms with van der Waals surface area (Å²) < 4.78 is 7.90. The standard InChI is InChI=1S/C24H25ClN4O3/c1-4-32-18(11-15-5-8-17(25)9-6-15)13-29-20-10-7-16(14(2)3)12-19(20)26-21-22(29)27-24(31)28-23(21)30/h5-10,12,14,18H,4,11,13H2,1-3H3,(H,28,30,31). The quantitative estimate of drug-likeness (QED) is 0.428. The first-order valence-corrected chi connectivity index (χ1v) is 11.0. The van der Waals surface area contributed by atoms with Crippen molar-refractivity contribution < 1.29 is 4.74 Å². The van der Waals surface area contributed by atoms with E-state index in [9.17, 15) is 9.59 Å². The Hall–Kier alpha value is -3.03. The van der Waals surface area contributed by atoms with Gasteiger partial charge in [-0.2, -0.15) is 4.98 Å². The number of hydrogen-bond donors (Lipinski definition) is 1. The van der Waals surface area contributed by atoms with Crippen LogP contribution in [0.3, 0.4) is 0 Å². The number of fused-ring (bicyclic) bond motifs is 2. The van der Waals surface area contributed by atoms with Crippen LogP contribution in [-0.4, -0.2) is 32.2 Å². The molecule has 2 aromatic rings. The van der Waals surface area contributed by atoms with Crippen LogP contribution < -0.4 is 11.2 Å². The maximum Gasteiger partial charge on any atom is 0.349 e. The SMILES string of the molecule is CCOC(Cc1ccc(Cl)cc1)Cn1c2nc(=O)[nH]c(=O)c-2nc2cc(C(C)C)ccc21. The van der Waals surface area contributed by atoms with E-state index in [1.54, 1.807) is 0 Å². The molecule has 0 radical (unpaired) electrons.